The zero-order chi connectivity index (χ0) is 19.4. The summed E-state index contributed by atoms with van der Waals surface area (Å²) in [6.07, 6.45) is 2.17. The molecule has 2 aliphatic heterocycles. The van der Waals surface area contributed by atoms with Gasteiger partial charge in [0.25, 0.3) is 18.1 Å². The number of alkyl halides is 2. The molecule has 5 heterocycles. The van der Waals surface area contributed by atoms with E-state index < -0.39 is 6.43 Å². The Bertz CT molecular complexity index is 1060. The third-order valence-corrected chi connectivity index (χ3v) is 6.90. The molecule has 170 valence electrons. The van der Waals surface area contributed by atoms with Gasteiger partial charge in [0, 0.05) is 22.9 Å². The van der Waals surface area contributed by atoms with Crippen molar-refractivity contribution < 1.29 is 13.6 Å². The average molecular weight is 506 g/mol. The Balaban J connectivity index is 0.00000114. The fraction of sp³-hybridized carbons (Fsp3) is 0.474. The van der Waals surface area contributed by atoms with Crippen molar-refractivity contribution >= 4 is 63.5 Å². The molecule has 2 bridgehead atoms. The van der Waals surface area contributed by atoms with Crippen LogP contribution in [0.4, 0.5) is 8.78 Å². The summed E-state index contributed by atoms with van der Waals surface area (Å²) in [4.78, 5) is 25.0. The molecule has 0 spiro atoms. The predicted molar refractivity (Wildman–Crippen MR) is 131 cm³/mol. The molecule has 0 aliphatic carbocycles. The quantitative estimate of drug-likeness (QED) is 0.532. The Kier molecular flexibility index (Phi) is 8.39. The molecule has 0 N–H and O–H groups in total. The second-order valence-corrected chi connectivity index (χ2v) is 8.77. The number of halogens is 2. The van der Waals surface area contributed by atoms with Gasteiger partial charge in [-0.3, -0.25) is 4.79 Å². The van der Waals surface area contributed by atoms with Crippen molar-refractivity contribution in [3.05, 3.63) is 45.7 Å². The van der Waals surface area contributed by atoms with E-state index in [-0.39, 0.29) is 75.9 Å². The molecule has 2 fully saturated rings. The van der Waals surface area contributed by atoms with E-state index in [1.807, 2.05) is 24.0 Å². The van der Waals surface area contributed by atoms with Crippen LogP contribution in [0.1, 0.15) is 64.0 Å². The van der Waals surface area contributed by atoms with Crippen LogP contribution in [0.2, 0.25) is 0 Å². The molecule has 0 radical (unpaired) electrons. The molecule has 2 saturated heterocycles. The first-order valence-corrected chi connectivity index (χ1v) is 10.2. The first-order valence-electron chi connectivity index (χ1n) is 9.40. The normalized spacial score (nSPS) is 22.1. The summed E-state index contributed by atoms with van der Waals surface area (Å²) in [6, 6.07) is 5.47. The van der Waals surface area contributed by atoms with E-state index in [1.54, 1.807) is 4.52 Å². The molecule has 0 saturated carbocycles. The Hall–Kier alpha value is -1.37. The second-order valence-electron chi connectivity index (χ2n) is 7.48. The van der Waals surface area contributed by atoms with Gasteiger partial charge in [-0.1, -0.05) is 0 Å². The third-order valence-electron chi connectivity index (χ3n) is 5.91. The minimum absolute atomic E-state index is 0. The van der Waals surface area contributed by atoms with Crippen molar-refractivity contribution in [1.82, 2.24) is 24.5 Å². The van der Waals surface area contributed by atoms with Gasteiger partial charge in [0.2, 0.25) is 0 Å². The van der Waals surface area contributed by atoms with Crippen molar-refractivity contribution in [1.29, 1.82) is 0 Å². The topological polar surface area (TPSA) is 63.4 Å². The number of aromatic nitrogens is 4. The number of aryl methyl sites for hydroxylation is 1. The lowest BCUT2D eigenvalue weighted by atomic mass is 9.86. The number of nitrogens with zero attached hydrogens (tertiary/aromatic N) is 5. The molecule has 6 nitrogen and oxygen atoms in total. The van der Waals surface area contributed by atoms with E-state index in [1.165, 1.54) is 23.7 Å². The number of amides is 1. The summed E-state index contributed by atoms with van der Waals surface area (Å²) in [7, 11) is 0. The summed E-state index contributed by atoms with van der Waals surface area (Å²) in [5.74, 6) is 0.168. The molecule has 3 atom stereocenters. The molecule has 2 aliphatic rings. The van der Waals surface area contributed by atoms with Gasteiger partial charge in [-0.25, -0.2) is 18.3 Å². The van der Waals surface area contributed by atoms with Crippen LogP contribution < -0.4 is 0 Å². The summed E-state index contributed by atoms with van der Waals surface area (Å²) < 4.78 is 28.3. The number of carbonyl (C=O) groups excluding carboxylic acids is 1. The highest BCUT2D eigenvalue weighted by Crippen LogP contribution is 2.45. The second kappa shape index (κ2) is 10.1. The van der Waals surface area contributed by atoms with Crippen LogP contribution in [0.5, 0.6) is 0 Å². The fourth-order valence-corrected chi connectivity index (χ4v) is 5.53. The molecule has 1 amide bonds. The van der Waals surface area contributed by atoms with Crippen LogP contribution in [0, 0.1) is 6.92 Å². The van der Waals surface area contributed by atoms with Crippen LogP contribution in [0.25, 0.3) is 5.78 Å². The minimum Gasteiger partial charge on any atom is -0.331 e. The molecule has 0 aromatic carbocycles. The maximum absolute atomic E-state index is 13.4. The van der Waals surface area contributed by atoms with E-state index in [0.717, 1.165) is 35.4 Å². The fourth-order valence-electron chi connectivity index (χ4n) is 4.72. The molecule has 3 aromatic heterocycles. The molecule has 12 heteroatoms. The van der Waals surface area contributed by atoms with Crippen molar-refractivity contribution in [2.75, 3.05) is 0 Å². The standard InChI is InChI=1S/C19H19F2N5OS.3H2S/c1-10-2-7-16(28-10)18(27)25-11-3-5-12(14(25)6-4-11)15-8-13(17(20)21)24-19-22-9-23-26(15)19;;;/h2,7-9,11-12,14,17H,3-6H2,1H3;3*1H2/t11-,12-,14-;;;/m0.../s1. The van der Waals surface area contributed by atoms with Crippen LogP contribution in [-0.4, -0.2) is 42.5 Å². The zero-order valence-electron chi connectivity index (χ0n) is 16.8. The highest BCUT2D eigenvalue weighted by atomic mass is 32.1. The molecular formula is C19H25F2N5OS4. The maximum atomic E-state index is 13.4. The van der Waals surface area contributed by atoms with E-state index in [2.05, 4.69) is 15.1 Å². The monoisotopic (exact) mass is 505 g/mol. The highest BCUT2D eigenvalue weighted by molar-refractivity contribution is 7.59. The highest BCUT2D eigenvalue weighted by Gasteiger charge is 2.46. The van der Waals surface area contributed by atoms with Gasteiger partial charge in [-0.15, -0.1) is 11.3 Å². The molecule has 5 rings (SSSR count). The van der Waals surface area contributed by atoms with Crippen molar-refractivity contribution in [2.24, 2.45) is 0 Å². The van der Waals surface area contributed by atoms with Crippen molar-refractivity contribution in [2.45, 2.75) is 57.0 Å². The lowest BCUT2D eigenvalue weighted by Crippen LogP contribution is -2.47. The molecular weight excluding hydrogens is 481 g/mol. The molecule has 3 aromatic rings. The smallest absolute Gasteiger partial charge is 0.280 e. The summed E-state index contributed by atoms with van der Waals surface area (Å²) in [5.41, 5.74) is 0.380. The SMILES string of the molecule is Cc1ccc(C(=O)N2[C@H]3CC[C@H](c4cc(C(F)F)nc5ncnn45)[C@@H]2CC3)s1.S.S.S. The van der Waals surface area contributed by atoms with E-state index >= 15 is 0 Å². The maximum Gasteiger partial charge on any atom is 0.280 e. The summed E-state index contributed by atoms with van der Waals surface area (Å²) >= 11 is 1.50. The Morgan fingerprint density at radius 2 is 1.90 bits per heavy atom. The number of hydrogen-bond donors (Lipinski definition) is 0. The number of carbonyl (C=O) groups is 1. The number of thiophene rings is 1. The third kappa shape index (κ3) is 4.44. The Morgan fingerprint density at radius 3 is 2.58 bits per heavy atom. The minimum atomic E-state index is -2.67. The van der Waals surface area contributed by atoms with Gasteiger partial charge >= 0.3 is 0 Å². The molecule has 0 unspecified atom stereocenters. The largest absolute Gasteiger partial charge is 0.331 e. The van der Waals surface area contributed by atoms with Crippen LogP contribution >= 0.6 is 51.8 Å². The van der Waals surface area contributed by atoms with Gasteiger partial charge < -0.3 is 4.90 Å². The van der Waals surface area contributed by atoms with E-state index in [9.17, 15) is 13.6 Å². The van der Waals surface area contributed by atoms with Gasteiger partial charge in [-0.05, 0) is 50.8 Å². The zero-order valence-corrected chi connectivity index (χ0v) is 20.6. The van der Waals surface area contributed by atoms with Crippen molar-refractivity contribution in [3.8, 4) is 0 Å². The van der Waals surface area contributed by atoms with Gasteiger partial charge in [-0.2, -0.15) is 50.6 Å². The lowest BCUT2D eigenvalue weighted by Gasteiger charge is -2.40. The lowest BCUT2D eigenvalue weighted by molar-refractivity contribution is 0.0559. The first-order chi connectivity index (χ1) is 13.5. The van der Waals surface area contributed by atoms with Crippen molar-refractivity contribution in [3.63, 3.8) is 0 Å². The van der Waals surface area contributed by atoms with Gasteiger partial charge in [0.1, 0.15) is 12.0 Å². The average Bonchev–Trinajstić information content (AvgIpc) is 3.39. The van der Waals surface area contributed by atoms with Gasteiger partial charge in [0.15, 0.2) is 0 Å². The number of rotatable bonds is 3. The predicted octanol–water partition coefficient (Wildman–Crippen LogP) is 4.32. The Labute approximate surface area is 203 Å². The van der Waals surface area contributed by atoms with E-state index in [4.69, 9.17) is 0 Å². The summed E-state index contributed by atoms with van der Waals surface area (Å²) in [5, 5.41) is 4.20. The number of hydrogen-bond acceptors (Lipinski definition) is 5. The van der Waals surface area contributed by atoms with E-state index in [0.29, 0.717) is 5.69 Å². The number of piperidine rings is 1. The number of fused-ring (bicyclic) bond motifs is 3. The summed E-state index contributed by atoms with van der Waals surface area (Å²) in [6.45, 7) is 1.99. The van der Waals surface area contributed by atoms with Crippen LogP contribution in [0.15, 0.2) is 24.5 Å². The van der Waals surface area contributed by atoms with Gasteiger partial charge in [0.05, 0.1) is 10.6 Å². The van der Waals surface area contributed by atoms with Crippen LogP contribution in [-0.2, 0) is 0 Å². The first kappa shape index (κ1) is 25.9. The van der Waals surface area contributed by atoms with Crippen LogP contribution in [0.3, 0.4) is 0 Å². The Morgan fingerprint density at radius 1 is 1.16 bits per heavy atom. The molecule has 31 heavy (non-hydrogen) atoms.